The number of hydrogen-bond acceptors (Lipinski definition) is 12. The summed E-state index contributed by atoms with van der Waals surface area (Å²) in [5.41, 5.74) is 5.16. The van der Waals surface area contributed by atoms with Crippen LogP contribution >= 0.6 is 8.09 Å². The molecule has 1 fully saturated rings. The number of aliphatic hydroxyl groups excluding tert-OH is 1. The molecule has 2 aromatic heterocycles. The maximum Gasteiger partial charge on any atom is 0.332 e. The Balaban J connectivity index is 1.57. The highest BCUT2D eigenvalue weighted by atomic mass is 31.1. The Kier molecular flexibility index (Phi) is 8.18. The lowest BCUT2D eigenvalue weighted by Gasteiger charge is -2.27. The number of hydrogen-bond donors (Lipinski definition) is 4. The second-order valence-corrected chi connectivity index (χ2v) is 9.97. The summed E-state index contributed by atoms with van der Waals surface area (Å²) in [6.45, 7) is 2.34. The van der Waals surface area contributed by atoms with E-state index < -0.39 is 44.1 Å². The first kappa shape index (κ1) is 27.7. The van der Waals surface area contributed by atoms with Crippen LogP contribution in [0.5, 0.6) is 5.88 Å². The van der Waals surface area contributed by atoms with Crippen molar-refractivity contribution < 1.29 is 39.3 Å². The van der Waals surface area contributed by atoms with Gasteiger partial charge < -0.3 is 35.4 Å². The zero-order valence-corrected chi connectivity index (χ0v) is 21.7. The van der Waals surface area contributed by atoms with Gasteiger partial charge in [0.05, 0.1) is 20.0 Å². The van der Waals surface area contributed by atoms with E-state index in [9.17, 15) is 19.9 Å². The Labute approximate surface area is 218 Å². The van der Waals surface area contributed by atoms with E-state index in [0.717, 1.165) is 10.4 Å². The average molecular weight is 549 g/mol. The molecule has 4 rings (SSSR count). The van der Waals surface area contributed by atoms with Gasteiger partial charge in [-0.15, -0.1) is 0 Å². The van der Waals surface area contributed by atoms with Gasteiger partial charge in [-0.05, 0) is 19.4 Å². The van der Waals surface area contributed by atoms with Gasteiger partial charge in [0.1, 0.15) is 24.4 Å². The molecule has 0 aliphatic carbocycles. The summed E-state index contributed by atoms with van der Waals surface area (Å²) in [5.74, 6) is -1.20. The molecule has 3 heterocycles. The number of fused-ring (bicyclic) bond motifs is 1. The molecule has 15 nitrogen and oxygen atoms in total. The molecule has 6 atom stereocenters. The number of rotatable bonds is 10. The number of anilines is 1. The van der Waals surface area contributed by atoms with Crippen molar-refractivity contribution >= 4 is 31.2 Å². The monoisotopic (exact) mass is 549 g/mol. The van der Waals surface area contributed by atoms with Gasteiger partial charge in [-0.1, -0.05) is 35.1 Å². The number of aromatic nitrogens is 4. The SMILES string of the molecule is COc1nc(N)nc2c1ncn2[C@@H]1O[C@H](CON(Cc2ccccc2)/[P+]([O-])=N/C(C)C(=O)O)[C@@H](O)[C@@]1(C)O. The van der Waals surface area contributed by atoms with Gasteiger partial charge in [-0.25, -0.2) is 9.78 Å². The Hall–Kier alpha value is -3.30. The molecule has 3 aromatic rings. The molecular weight excluding hydrogens is 521 g/mol. The number of methoxy groups -OCH3 is 1. The van der Waals surface area contributed by atoms with E-state index in [0.29, 0.717) is 0 Å². The van der Waals surface area contributed by atoms with E-state index >= 15 is 0 Å². The summed E-state index contributed by atoms with van der Waals surface area (Å²) >= 11 is 0. The fraction of sp³-hybridized carbons (Fsp3) is 0.455. The lowest BCUT2D eigenvalue weighted by Crippen LogP contribution is -2.44. The van der Waals surface area contributed by atoms with Crippen molar-refractivity contribution in [2.75, 3.05) is 19.5 Å². The minimum Gasteiger partial charge on any atom is -0.593 e. The van der Waals surface area contributed by atoms with E-state index in [-0.39, 0.29) is 36.1 Å². The maximum absolute atomic E-state index is 12.9. The van der Waals surface area contributed by atoms with Crippen LogP contribution in [0.1, 0.15) is 25.6 Å². The van der Waals surface area contributed by atoms with E-state index in [1.54, 1.807) is 24.3 Å². The predicted molar refractivity (Wildman–Crippen MR) is 131 cm³/mol. The quantitative estimate of drug-likeness (QED) is 0.197. The smallest absolute Gasteiger partial charge is 0.332 e. The summed E-state index contributed by atoms with van der Waals surface area (Å²) in [4.78, 5) is 43.2. The first-order valence-electron chi connectivity index (χ1n) is 11.5. The highest BCUT2D eigenvalue weighted by Gasteiger charge is 2.54. The van der Waals surface area contributed by atoms with Crippen molar-refractivity contribution in [1.29, 1.82) is 0 Å². The summed E-state index contributed by atoms with van der Waals surface area (Å²) < 4.78 is 16.3. The molecule has 0 saturated carbocycles. The van der Waals surface area contributed by atoms with E-state index in [4.69, 9.17) is 25.2 Å². The Morgan fingerprint density at radius 3 is 2.76 bits per heavy atom. The number of carboxylic acids is 1. The third-order valence-electron chi connectivity index (χ3n) is 5.98. The van der Waals surface area contributed by atoms with Crippen molar-refractivity contribution in [1.82, 2.24) is 24.4 Å². The third kappa shape index (κ3) is 5.59. The van der Waals surface area contributed by atoms with Gasteiger partial charge in [0.15, 0.2) is 23.4 Å². The molecule has 38 heavy (non-hydrogen) atoms. The number of nitrogen functional groups attached to an aromatic ring is 1. The van der Waals surface area contributed by atoms with E-state index in [2.05, 4.69) is 19.7 Å². The molecule has 1 saturated heterocycles. The molecule has 16 heteroatoms. The summed E-state index contributed by atoms with van der Waals surface area (Å²) in [5, 5.41) is 31.2. The second-order valence-electron chi connectivity index (χ2n) is 8.79. The zero-order chi connectivity index (χ0) is 27.6. The molecular formula is C22H28N7O8P. The van der Waals surface area contributed by atoms with Crippen molar-refractivity contribution in [2.24, 2.45) is 4.74 Å². The predicted octanol–water partition coefficient (Wildman–Crippen LogP) is 0.189. The van der Waals surface area contributed by atoms with Gasteiger partial charge in [0.25, 0.3) is 8.09 Å². The molecule has 0 bridgehead atoms. The normalized spacial score (nSPS) is 24.7. The highest BCUT2D eigenvalue weighted by molar-refractivity contribution is 7.36. The number of aliphatic hydroxyl groups is 2. The number of nitrogens with two attached hydrogens (primary N) is 1. The molecule has 2 unspecified atom stereocenters. The molecule has 0 radical (unpaired) electrons. The van der Waals surface area contributed by atoms with Crippen LogP contribution in [-0.2, 0) is 20.9 Å². The van der Waals surface area contributed by atoms with Gasteiger partial charge >= 0.3 is 5.97 Å². The lowest BCUT2D eigenvalue weighted by atomic mass is 9.96. The Bertz CT molecular complexity index is 1320. The minimum absolute atomic E-state index is 0.0106. The lowest BCUT2D eigenvalue weighted by molar-refractivity contribution is -0.214. The number of nitrogens with zero attached hydrogens (tertiary/aromatic N) is 6. The minimum atomic E-state index is -2.63. The first-order valence-corrected chi connectivity index (χ1v) is 12.6. The maximum atomic E-state index is 12.9. The molecule has 0 amide bonds. The second kappa shape index (κ2) is 11.2. The summed E-state index contributed by atoms with van der Waals surface area (Å²) in [6.07, 6.45) is -2.35. The van der Waals surface area contributed by atoms with Gasteiger partial charge in [0, 0.05) is 4.83 Å². The molecule has 5 N–H and O–H groups in total. The third-order valence-corrected chi connectivity index (χ3v) is 7.16. The van der Waals surface area contributed by atoms with Crippen LogP contribution in [0.25, 0.3) is 11.2 Å². The largest absolute Gasteiger partial charge is 0.593 e. The topological polar surface area (TPSA) is 214 Å². The number of hydroxylamine groups is 1. The zero-order valence-electron chi connectivity index (χ0n) is 20.8. The molecule has 1 aliphatic heterocycles. The van der Waals surface area contributed by atoms with Gasteiger partial charge in [-0.3, -0.25) is 9.40 Å². The van der Waals surface area contributed by atoms with Crippen molar-refractivity contribution in [3.63, 3.8) is 0 Å². The average Bonchev–Trinajstić information content (AvgIpc) is 3.39. The Morgan fingerprint density at radius 1 is 1.39 bits per heavy atom. The highest BCUT2D eigenvalue weighted by Crippen LogP contribution is 2.40. The molecule has 1 aromatic carbocycles. The van der Waals surface area contributed by atoms with Crippen molar-refractivity contribution in [3.05, 3.63) is 42.2 Å². The number of imidazole rings is 1. The Morgan fingerprint density at radius 2 is 2.11 bits per heavy atom. The standard InChI is InChI=1S/C22H28N7O8P/c1-12(19(31)32)27-38(34)29(9-13-7-5-4-6-8-13)36-10-14-16(30)22(2,33)20(37-14)28-11-24-15-17(28)25-21(23)26-18(15)35-3/h4-8,11-12,14,16,20,30,33H,9-10H2,1-3H3,(H,31,32)(H2,23,25,26)/t12?,14-,16-,20-,22-/m1/s1. The van der Waals surface area contributed by atoms with Crippen molar-refractivity contribution in [3.8, 4) is 5.88 Å². The van der Waals surface area contributed by atoms with Crippen LogP contribution in [-0.4, -0.2) is 83.2 Å². The van der Waals surface area contributed by atoms with Crippen molar-refractivity contribution in [2.45, 2.75) is 50.5 Å². The van der Waals surface area contributed by atoms with Gasteiger partial charge in [0.2, 0.25) is 11.8 Å². The van der Waals surface area contributed by atoms with Crippen LogP contribution in [0.4, 0.5) is 5.95 Å². The van der Waals surface area contributed by atoms with Crippen LogP contribution in [0.15, 0.2) is 41.4 Å². The van der Waals surface area contributed by atoms with Gasteiger partial charge in [-0.2, -0.15) is 9.97 Å². The van der Waals surface area contributed by atoms with Crippen LogP contribution < -0.4 is 15.4 Å². The van der Waals surface area contributed by atoms with Crippen LogP contribution in [0.3, 0.4) is 0 Å². The summed E-state index contributed by atoms with van der Waals surface area (Å²) in [7, 11) is -1.23. The fourth-order valence-corrected chi connectivity index (χ4v) is 4.87. The number of ether oxygens (including phenoxy) is 2. The summed E-state index contributed by atoms with van der Waals surface area (Å²) in [6, 6.07) is 7.68. The van der Waals surface area contributed by atoms with E-state index in [1.807, 2.05) is 6.07 Å². The van der Waals surface area contributed by atoms with E-state index in [1.165, 1.54) is 31.9 Å². The molecule has 0 spiro atoms. The van der Waals surface area contributed by atoms with Crippen LogP contribution in [0.2, 0.25) is 0 Å². The number of aliphatic carboxylic acids is 1. The molecule has 204 valence electrons. The number of carbonyl (C=O) groups is 1. The molecule has 1 aliphatic rings. The van der Waals surface area contributed by atoms with Crippen LogP contribution in [0, 0.1) is 0 Å². The number of benzene rings is 1. The first-order chi connectivity index (χ1) is 18.0. The number of carboxylic acid groups (broad SMARTS) is 1. The fourth-order valence-electron chi connectivity index (χ4n) is 3.91.